The normalized spacial score (nSPS) is 12.3. The summed E-state index contributed by atoms with van der Waals surface area (Å²) in [5, 5.41) is 12.9. The molecule has 0 saturated heterocycles. The summed E-state index contributed by atoms with van der Waals surface area (Å²) in [6.07, 6.45) is 3.56. The van der Waals surface area contributed by atoms with E-state index in [2.05, 4.69) is 4.98 Å². The first-order chi connectivity index (χ1) is 12.6. The molecule has 130 valence electrons. The van der Waals surface area contributed by atoms with Crippen LogP contribution < -0.4 is 0 Å². The Labute approximate surface area is 152 Å². The van der Waals surface area contributed by atoms with Crippen molar-refractivity contribution < 1.29 is 18.3 Å². The van der Waals surface area contributed by atoms with E-state index in [0.717, 1.165) is 17.0 Å². The second-order valence-corrected chi connectivity index (χ2v) is 6.63. The highest BCUT2D eigenvalue weighted by Crippen LogP contribution is 2.42. The summed E-state index contributed by atoms with van der Waals surface area (Å²) >= 11 is 1.48. The summed E-state index contributed by atoms with van der Waals surface area (Å²) < 4.78 is 33.3. The zero-order valence-corrected chi connectivity index (χ0v) is 14.2. The van der Waals surface area contributed by atoms with Crippen LogP contribution in [-0.2, 0) is 0 Å². The summed E-state index contributed by atoms with van der Waals surface area (Å²) in [6.45, 7) is 0. The number of furan rings is 1. The fourth-order valence-electron chi connectivity index (χ4n) is 2.85. The van der Waals surface area contributed by atoms with Crippen molar-refractivity contribution in [3.63, 3.8) is 0 Å². The Morgan fingerprint density at radius 3 is 2.65 bits per heavy atom. The summed E-state index contributed by atoms with van der Waals surface area (Å²) in [4.78, 5) is 4.90. The van der Waals surface area contributed by atoms with Crippen molar-refractivity contribution >= 4 is 11.3 Å². The Morgan fingerprint density at radius 2 is 1.96 bits per heavy atom. The van der Waals surface area contributed by atoms with Gasteiger partial charge in [-0.05, 0) is 29.6 Å². The minimum Gasteiger partial charge on any atom is -0.463 e. The van der Waals surface area contributed by atoms with Gasteiger partial charge in [0, 0.05) is 40.0 Å². The Kier molecular flexibility index (Phi) is 4.36. The van der Waals surface area contributed by atoms with Crippen molar-refractivity contribution in [1.82, 2.24) is 4.98 Å². The highest BCUT2D eigenvalue weighted by atomic mass is 32.1. The van der Waals surface area contributed by atoms with Crippen LogP contribution in [0, 0.1) is 11.6 Å². The fourth-order valence-corrected chi connectivity index (χ4v) is 3.59. The molecule has 0 aliphatic carbocycles. The number of hydrogen-bond acceptors (Lipinski definition) is 4. The molecule has 3 heterocycles. The lowest BCUT2D eigenvalue weighted by Gasteiger charge is -2.13. The van der Waals surface area contributed by atoms with Gasteiger partial charge in [-0.3, -0.25) is 4.98 Å². The standard InChI is InChI=1S/C20H13F2NO2S/c21-13-5-6-14(16(22)9-13)20-18(19(24)12-3-1-7-23-10-12)15(11-25-20)17-4-2-8-26-17/h1-11,19,24H. The molecule has 3 nitrogen and oxygen atoms in total. The Morgan fingerprint density at radius 1 is 1.08 bits per heavy atom. The zero-order valence-electron chi connectivity index (χ0n) is 13.4. The lowest BCUT2D eigenvalue weighted by atomic mass is 9.95. The van der Waals surface area contributed by atoms with Gasteiger partial charge in [0.15, 0.2) is 0 Å². The second kappa shape index (κ2) is 6.82. The maximum Gasteiger partial charge on any atom is 0.143 e. The average molecular weight is 369 g/mol. The summed E-state index contributed by atoms with van der Waals surface area (Å²) in [6, 6.07) is 10.5. The molecule has 0 saturated carbocycles. The number of benzene rings is 1. The molecule has 1 unspecified atom stereocenters. The Balaban J connectivity index is 1.93. The molecule has 1 atom stereocenters. The molecule has 6 heteroatoms. The first kappa shape index (κ1) is 16.6. The van der Waals surface area contributed by atoms with Crippen molar-refractivity contribution in [3.05, 3.63) is 89.3 Å². The molecule has 0 spiro atoms. The van der Waals surface area contributed by atoms with E-state index in [1.165, 1.54) is 23.7 Å². The van der Waals surface area contributed by atoms with Crippen LogP contribution in [0.15, 0.2) is 70.9 Å². The van der Waals surface area contributed by atoms with Crippen LogP contribution in [0.25, 0.3) is 21.8 Å². The van der Waals surface area contributed by atoms with Gasteiger partial charge in [-0.1, -0.05) is 12.1 Å². The number of aliphatic hydroxyl groups is 1. The van der Waals surface area contributed by atoms with Crippen molar-refractivity contribution in [3.8, 4) is 21.8 Å². The van der Waals surface area contributed by atoms with Crippen LogP contribution in [0.1, 0.15) is 17.2 Å². The molecular weight excluding hydrogens is 356 g/mol. The smallest absolute Gasteiger partial charge is 0.143 e. The van der Waals surface area contributed by atoms with E-state index in [-0.39, 0.29) is 11.3 Å². The number of hydrogen-bond donors (Lipinski definition) is 1. The molecule has 4 rings (SSSR count). The van der Waals surface area contributed by atoms with Gasteiger partial charge in [0.25, 0.3) is 0 Å². The van der Waals surface area contributed by atoms with Crippen molar-refractivity contribution in [1.29, 1.82) is 0 Å². The molecule has 1 aromatic carbocycles. The van der Waals surface area contributed by atoms with E-state index in [9.17, 15) is 13.9 Å². The quantitative estimate of drug-likeness (QED) is 0.522. The van der Waals surface area contributed by atoms with Gasteiger partial charge < -0.3 is 9.52 Å². The van der Waals surface area contributed by atoms with Crippen LogP contribution in [0.5, 0.6) is 0 Å². The highest BCUT2D eigenvalue weighted by molar-refractivity contribution is 7.13. The van der Waals surface area contributed by atoms with Crippen LogP contribution in [0.4, 0.5) is 8.78 Å². The summed E-state index contributed by atoms with van der Waals surface area (Å²) in [5.41, 5.74) is 1.73. The van der Waals surface area contributed by atoms with Gasteiger partial charge in [-0.2, -0.15) is 0 Å². The molecule has 0 amide bonds. The third-order valence-corrected chi connectivity index (χ3v) is 4.97. The van der Waals surface area contributed by atoms with Crippen LogP contribution in [-0.4, -0.2) is 10.1 Å². The molecule has 26 heavy (non-hydrogen) atoms. The zero-order chi connectivity index (χ0) is 18.1. The van der Waals surface area contributed by atoms with Gasteiger partial charge in [0.1, 0.15) is 29.8 Å². The molecule has 4 aromatic rings. The lowest BCUT2D eigenvalue weighted by molar-refractivity contribution is 0.220. The van der Waals surface area contributed by atoms with Crippen LogP contribution in [0.2, 0.25) is 0 Å². The van der Waals surface area contributed by atoms with Crippen LogP contribution in [0.3, 0.4) is 0 Å². The van der Waals surface area contributed by atoms with Crippen molar-refractivity contribution in [2.45, 2.75) is 6.10 Å². The molecule has 3 aromatic heterocycles. The van der Waals surface area contributed by atoms with Gasteiger partial charge in [0.05, 0.1) is 5.56 Å². The fraction of sp³-hybridized carbons (Fsp3) is 0.0500. The molecule has 1 N–H and O–H groups in total. The monoisotopic (exact) mass is 369 g/mol. The van der Waals surface area contributed by atoms with E-state index in [4.69, 9.17) is 4.42 Å². The summed E-state index contributed by atoms with van der Waals surface area (Å²) in [5.74, 6) is -1.26. The van der Waals surface area contributed by atoms with E-state index < -0.39 is 17.7 Å². The minimum absolute atomic E-state index is 0.0900. The summed E-state index contributed by atoms with van der Waals surface area (Å²) in [7, 11) is 0. The van der Waals surface area contributed by atoms with E-state index in [0.29, 0.717) is 16.7 Å². The first-order valence-corrected chi connectivity index (χ1v) is 8.72. The number of thiophene rings is 1. The number of pyridine rings is 1. The average Bonchev–Trinajstić information content (AvgIpc) is 3.31. The van der Waals surface area contributed by atoms with Gasteiger partial charge in [-0.15, -0.1) is 11.3 Å². The largest absolute Gasteiger partial charge is 0.463 e. The molecule has 0 bridgehead atoms. The predicted molar refractivity (Wildman–Crippen MR) is 95.7 cm³/mol. The SMILES string of the molecule is OC(c1cccnc1)c1c(-c2cccs2)coc1-c1ccc(F)cc1F. The van der Waals surface area contributed by atoms with E-state index >= 15 is 0 Å². The third-order valence-electron chi connectivity index (χ3n) is 4.07. The van der Waals surface area contributed by atoms with Crippen molar-refractivity contribution in [2.75, 3.05) is 0 Å². The Hall–Kier alpha value is -2.83. The van der Waals surface area contributed by atoms with Crippen molar-refractivity contribution in [2.24, 2.45) is 0 Å². The maximum atomic E-state index is 14.3. The molecule has 0 aliphatic heterocycles. The first-order valence-electron chi connectivity index (χ1n) is 7.84. The number of nitrogens with zero attached hydrogens (tertiary/aromatic N) is 1. The van der Waals surface area contributed by atoms with Gasteiger partial charge in [-0.25, -0.2) is 8.78 Å². The van der Waals surface area contributed by atoms with E-state index in [1.54, 1.807) is 24.5 Å². The molecule has 0 aliphatic rings. The second-order valence-electron chi connectivity index (χ2n) is 5.68. The number of aliphatic hydroxyl groups excluding tert-OH is 1. The highest BCUT2D eigenvalue weighted by Gasteiger charge is 2.26. The number of aromatic nitrogens is 1. The van der Waals surface area contributed by atoms with Gasteiger partial charge in [0.2, 0.25) is 0 Å². The molecule has 0 fully saturated rings. The van der Waals surface area contributed by atoms with Gasteiger partial charge >= 0.3 is 0 Å². The lowest BCUT2D eigenvalue weighted by Crippen LogP contribution is -2.02. The van der Waals surface area contributed by atoms with E-state index in [1.807, 2.05) is 17.5 Å². The maximum absolute atomic E-state index is 14.3. The third kappa shape index (κ3) is 2.94. The molecular formula is C20H13F2NO2S. The minimum atomic E-state index is -1.07. The number of rotatable bonds is 4. The van der Waals surface area contributed by atoms with Crippen LogP contribution >= 0.6 is 11.3 Å². The topological polar surface area (TPSA) is 46.3 Å². The predicted octanol–water partition coefficient (Wildman–Crippen LogP) is 5.43. The molecule has 0 radical (unpaired) electrons. The Bertz CT molecular complexity index is 1030. The number of halogens is 2.